The van der Waals surface area contributed by atoms with Gasteiger partial charge in [-0.25, -0.2) is 4.85 Å². The number of unbranched alkanes of at least 4 members (excludes halogenated alkanes) is 4. The van der Waals surface area contributed by atoms with Crippen molar-refractivity contribution in [1.82, 2.24) is 9.80 Å². The fourth-order valence-electron chi connectivity index (χ4n) is 8.10. The van der Waals surface area contributed by atoms with Gasteiger partial charge < -0.3 is 0 Å². The highest BCUT2D eigenvalue weighted by atomic mass is 16.2. The lowest BCUT2D eigenvalue weighted by Crippen LogP contribution is -2.46. The number of hydrogen-bond acceptors (Lipinski definition) is 5. The Bertz CT molecular complexity index is 2160. The summed E-state index contributed by atoms with van der Waals surface area (Å²) in [7, 11) is 0. The van der Waals surface area contributed by atoms with Crippen molar-refractivity contribution < 1.29 is 19.2 Å². The van der Waals surface area contributed by atoms with Crippen LogP contribution >= 0.6 is 0 Å². The lowest BCUT2D eigenvalue weighted by molar-refractivity contribution is 0.0526. The Hall–Kier alpha value is -5.34. The first-order valence-electron chi connectivity index (χ1n) is 17.0. The largest absolute Gasteiger partial charge is 0.272 e. The molecule has 240 valence electrons. The third-order valence-corrected chi connectivity index (χ3v) is 10.5. The van der Waals surface area contributed by atoms with E-state index in [1.165, 1.54) is 9.80 Å². The predicted octanol–water partition coefficient (Wildman–Crippen LogP) is 9.29. The van der Waals surface area contributed by atoms with Crippen LogP contribution in [-0.2, 0) is 0 Å². The normalized spacial score (nSPS) is 15.6. The van der Waals surface area contributed by atoms with E-state index < -0.39 is 11.8 Å². The highest BCUT2D eigenvalue weighted by molar-refractivity contribution is 6.43. The summed E-state index contributed by atoms with van der Waals surface area (Å²) >= 11 is 0. The maximum Gasteiger partial charge on any atom is 0.261 e. The van der Waals surface area contributed by atoms with Crippen LogP contribution in [0.1, 0.15) is 126 Å². The summed E-state index contributed by atoms with van der Waals surface area (Å²) in [5.41, 5.74) is 1.85. The van der Waals surface area contributed by atoms with Crippen LogP contribution in [0.15, 0.2) is 36.4 Å². The number of nitrogens with zero attached hydrogens (tertiary/aromatic N) is 4. The van der Waals surface area contributed by atoms with E-state index in [9.17, 15) is 24.4 Å². The average Bonchev–Trinajstić information content (AvgIpc) is 3.08. The average molecular weight is 637 g/mol. The molecule has 2 aliphatic rings. The molecule has 0 radical (unpaired) electrons. The maximum atomic E-state index is 14.1. The summed E-state index contributed by atoms with van der Waals surface area (Å²) in [6.45, 7) is 16.2. The molecule has 5 aromatic rings. The van der Waals surface area contributed by atoms with Gasteiger partial charge >= 0.3 is 0 Å². The molecule has 4 amide bonds. The molecule has 2 aliphatic heterocycles. The highest BCUT2D eigenvalue weighted by Gasteiger charge is 2.40. The minimum Gasteiger partial charge on any atom is -0.272 e. The van der Waals surface area contributed by atoms with E-state index in [1.54, 1.807) is 36.4 Å². The molecule has 0 bridgehead atoms. The number of fused-ring (bicyclic) bond motifs is 2. The number of rotatable bonds is 10. The standard InChI is InChI=1S/C40H36N4O4/c1-6-8-10-12-21(3)43-37(45)26-17-15-25-34-30(42-5)19-29-33-27(38(46)44(40(29)48)22(4)13-11-9-7-2)16-14-24(36(33)34)31-23(20-41)18-28(39(43)47)32(26)35(25)31/h14-19,21-22H,6-13H2,1-4H3/t21-,22-/m0/s1. The number of nitriles is 1. The van der Waals surface area contributed by atoms with Crippen molar-refractivity contribution in [2.75, 3.05) is 0 Å². The maximum absolute atomic E-state index is 14.1. The monoisotopic (exact) mass is 636 g/mol. The topological polar surface area (TPSA) is 103 Å². The molecule has 0 aliphatic carbocycles. The molecular formula is C40H36N4O4. The molecule has 0 saturated heterocycles. The summed E-state index contributed by atoms with van der Waals surface area (Å²) in [6.07, 6.45) is 7.22. The van der Waals surface area contributed by atoms with Gasteiger partial charge in [0, 0.05) is 44.9 Å². The van der Waals surface area contributed by atoms with E-state index >= 15 is 0 Å². The number of amides is 4. The number of carbonyl (C=O) groups is 4. The summed E-state index contributed by atoms with van der Waals surface area (Å²) in [4.78, 5) is 62.8. The Labute approximate surface area is 279 Å². The Morgan fingerprint density at radius 3 is 1.58 bits per heavy atom. The minimum atomic E-state index is -0.428. The molecule has 2 heterocycles. The molecule has 48 heavy (non-hydrogen) atoms. The zero-order valence-corrected chi connectivity index (χ0v) is 27.7. The van der Waals surface area contributed by atoms with E-state index in [0.717, 1.165) is 38.5 Å². The van der Waals surface area contributed by atoms with Gasteiger partial charge in [-0.1, -0.05) is 64.5 Å². The molecule has 2 atom stereocenters. The van der Waals surface area contributed by atoms with Gasteiger partial charge in [0.25, 0.3) is 23.6 Å². The minimum absolute atomic E-state index is 0.238. The summed E-state index contributed by atoms with van der Waals surface area (Å²) in [5, 5.41) is 14.9. The van der Waals surface area contributed by atoms with Crippen LogP contribution < -0.4 is 0 Å². The second-order valence-electron chi connectivity index (χ2n) is 13.4. The first-order valence-corrected chi connectivity index (χ1v) is 17.0. The van der Waals surface area contributed by atoms with Crippen molar-refractivity contribution in [1.29, 1.82) is 5.26 Å². The Balaban J connectivity index is 1.52. The van der Waals surface area contributed by atoms with Crippen molar-refractivity contribution >= 4 is 72.4 Å². The van der Waals surface area contributed by atoms with Crippen LogP contribution in [0.5, 0.6) is 0 Å². The Morgan fingerprint density at radius 1 is 0.646 bits per heavy atom. The van der Waals surface area contributed by atoms with Gasteiger partial charge in [-0.3, -0.25) is 29.0 Å². The van der Waals surface area contributed by atoms with E-state index in [2.05, 4.69) is 24.8 Å². The van der Waals surface area contributed by atoms with Gasteiger partial charge in [0.15, 0.2) is 5.69 Å². The smallest absolute Gasteiger partial charge is 0.261 e. The molecule has 0 saturated carbocycles. The van der Waals surface area contributed by atoms with Gasteiger partial charge in [-0.05, 0) is 77.9 Å². The molecule has 0 unspecified atom stereocenters. The van der Waals surface area contributed by atoms with Crippen LogP contribution in [0.25, 0.3) is 47.9 Å². The van der Waals surface area contributed by atoms with Crippen LogP contribution in [0.4, 0.5) is 5.69 Å². The van der Waals surface area contributed by atoms with Gasteiger partial charge in [0.1, 0.15) is 0 Å². The van der Waals surface area contributed by atoms with Crippen molar-refractivity contribution in [3.8, 4) is 6.07 Å². The summed E-state index contributed by atoms with van der Waals surface area (Å²) in [6, 6.07) is 11.8. The summed E-state index contributed by atoms with van der Waals surface area (Å²) < 4.78 is 0. The zero-order valence-electron chi connectivity index (χ0n) is 27.7. The molecular weight excluding hydrogens is 600 g/mol. The number of benzene rings is 5. The predicted molar refractivity (Wildman–Crippen MR) is 187 cm³/mol. The van der Waals surface area contributed by atoms with Crippen molar-refractivity contribution in [2.45, 2.75) is 91.1 Å². The quantitative estimate of drug-likeness (QED) is 0.0500. The van der Waals surface area contributed by atoms with Crippen molar-refractivity contribution in [2.24, 2.45) is 0 Å². The van der Waals surface area contributed by atoms with E-state index in [1.807, 2.05) is 13.8 Å². The highest BCUT2D eigenvalue weighted by Crippen LogP contribution is 2.50. The first kappa shape index (κ1) is 31.3. The fraction of sp³-hybridized carbons (Fsp3) is 0.350. The van der Waals surface area contributed by atoms with Gasteiger partial charge in [0.05, 0.1) is 23.8 Å². The molecule has 0 N–H and O–H groups in total. The lowest BCUT2D eigenvalue weighted by Gasteiger charge is -2.34. The van der Waals surface area contributed by atoms with E-state index in [0.29, 0.717) is 78.2 Å². The molecule has 0 fully saturated rings. The van der Waals surface area contributed by atoms with Gasteiger partial charge in [-0.2, -0.15) is 5.26 Å². The molecule has 7 rings (SSSR count). The Morgan fingerprint density at radius 2 is 1.10 bits per heavy atom. The van der Waals surface area contributed by atoms with Crippen molar-refractivity contribution in [3.05, 3.63) is 75.6 Å². The second kappa shape index (κ2) is 11.7. The number of carbonyl (C=O) groups excluding carboxylic acids is 4. The summed E-state index contributed by atoms with van der Waals surface area (Å²) in [5.74, 6) is -1.59. The number of imide groups is 2. The molecule has 0 aromatic heterocycles. The lowest BCUT2D eigenvalue weighted by atomic mass is 9.80. The van der Waals surface area contributed by atoms with Crippen LogP contribution in [0.2, 0.25) is 0 Å². The molecule has 8 heteroatoms. The SMILES string of the molecule is [C-]#[N+]c1cc2c3c(ccc4c5c(C#N)cc6c7c(ccc(c1c34)c75)C(=O)N([C@@H](C)CCCCC)C6=O)C(=O)N([C@@H](C)CCCCC)C2=O. The van der Waals surface area contributed by atoms with Gasteiger partial charge in [0.2, 0.25) is 0 Å². The second-order valence-corrected chi connectivity index (χ2v) is 13.4. The van der Waals surface area contributed by atoms with Crippen LogP contribution in [-0.4, -0.2) is 45.5 Å². The fourth-order valence-corrected chi connectivity index (χ4v) is 8.10. The first-order chi connectivity index (χ1) is 23.2. The van der Waals surface area contributed by atoms with Crippen LogP contribution in [0.3, 0.4) is 0 Å². The van der Waals surface area contributed by atoms with Crippen molar-refractivity contribution in [3.63, 3.8) is 0 Å². The van der Waals surface area contributed by atoms with E-state index in [-0.39, 0.29) is 35.1 Å². The van der Waals surface area contributed by atoms with Crippen LogP contribution in [0, 0.1) is 17.9 Å². The number of hydrogen-bond donors (Lipinski definition) is 0. The molecule has 5 aromatic carbocycles. The molecule has 8 nitrogen and oxygen atoms in total. The van der Waals surface area contributed by atoms with Gasteiger partial charge in [-0.15, -0.1) is 0 Å². The molecule has 0 spiro atoms. The van der Waals surface area contributed by atoms with E-state index in [4.69, 9.17) is 6.57 Å². The zero-order chi connectivity index (χ0) is 34.0. The third kappa shape index (κ3) is 4.25. The Kier molecular flexibility index (Phi) is 7.63. The third-order valence-electron chi connectivity index (χ3n) is 10.5.